The molecule has 106 valence electrons. The second-order valence-corrected chi connectivity index (χ2v) is 5.44. The summed E-state index contributed by atoms with van der Waals surface area (Å²) in [7, 11) is 1.87. The lowest BCUT2D eigenvalue weighted by Gasteiger charge is -2.30. The van der Waals surface area contributed by atoms with Crippen molar-refractivity contribution in [3.63, 3.8) is 0 Å². The number of rotatable bonds is 5. The lowest BCUT2D eigenvalue weighted by molar-refractivity contribution is -0.132. The highest BCUT2D eigenvalue weighted by Gasteiger charge is 2.22. The van der Waals surface area contributed by atoms with Crippen molar-refractivity contribution in [2.24, 2.45) is 0 Å². The van der Waals surface area contributed by atoms with Crippen LogP contribution in [0.1, 0.15) is 44.8 Å². The third-order valence-corrected chi connectivity index (χ3v) is 3.90. The van der Waals surface area contributed by atoms with Gasteiger partial charge in [-0.15, -0.1) is 0 Å². The number of aromatic nitrogens is 2. The largest absolute Gasteiger partial charge is 0.344 e. The smallest absolute Gasteiger partial charge is 0.222 e. The Kier molecular flexibility index (Phi) is 4.58. The molecule has 0 aromatic carbocycles. The van der Waals surface area contributed by atoms with E-state index in [1.165, 1.54) is 0 Å². The SMILES string of the molecule is CCC(C)n1ccc(CNC2CCC(=O)N(C)C2)n1. The maximum Gasteiger partial charge on any atom is 0.222 e. The molecule has 0 radical (unpaired) electrons. The van der Waals surface area contributed by atoms with Crippen LogP contribution >= 0.6 is 0 Å². The third kappa shape index (κ3) is 3.56. The highest BCUT2D eigenvalue weighted by Crippen LogP contribution is 2.12. The molecule has 1 aliphatic heterocycles. The van der Waals surface area contributed by atoms with Gasteiger partial charge in [0.05, 0.1) is 5.69 Å². The van der Waals surface area contributed by atoms with E-state index in [1.54, 1.807) is 4.90 Å². The molecule has 1 aliphatic rings. The molecule has 1 amide bonds. The summed E-state index contributed by atoms with van der Waals surface area (Å²) in [5, 5.41) is 8.06. The maximum atomic E-state index is 11.4. The van der Waals surface area contributed by atoms with Gasteiger partial charge in [0.1, 0.15) is 0 Å². The minimum atomic E-state index is 0.249. The maximum absolute atomic E-state index is 11.4. The molecule has 2 heterocycles. The molecule has 5 heteroatoms. The molecule has 19 heavy (non-hydrogen) atoms. The summed E-state index contributed by atoms with van der Waals surface area (Å²) in [6.07, 6.45) is 4.70. The first-order valence-corrected chi connectivity index (χ1v) is 7.11. The molecule has 1 fully saturated rings. The van der Waals surface area contributed by atoms with Gasteiger partial charge in [-0.3, -0.25) is 9.48 Å². The predicted molar refractivity (Wildman–Crippen MR) is 74.7 cm³/mol. The minimum absolute atomic E-state index is 0.249. The molecule has 1 N–H and O–H groups in total. The van der Waals surface area contributed by atoms with Crippen LogP contribution in [0.4, 0.5) is 0 Å². The standard InChI is InChI=1S/C14H24N4O/c1-4-11(2)18-8-7-12(16-18)9-15-13-5-6-14(19)17(3)10-13/h7-8,11,13,15H,4-6,9-10H2,1-3H3. The van der Waals surface area contributed by atoms with Crippen molar-refractivity contribution in [2.45, 2.75) is 51.7 Å². The lowest BCUT2D eigenvalue weighted by atomic mass is 10.1. The van der Waals surface area contributed by atoms with Gasteiger partial charge in [0.2, 0.25) is 5.91 Å². The van der Waals surface area contributed by atoms with Crippen LogP contribution in [0.3, 0.4) is 0 Å². The Morgan fingerprint density at radius 1 is 1.58 bits per heavy atom. The van der Waals surface area contributed by atoms with E-state index < -0.39 is 0 Å². The summed E-state index contributed by atoms with van der Waals surface area (Å²) in [4.78, 5) is 13.2. The molecule has 0 bridgehead atoms. The van der Waals surface area contributed by atoms with E-state index in [4.69, 9.17) is 0 Å². The average Bonchev–Trinajstić information content (AvgIpc) is 2.88. The number of piperidine rings is 1. The number of carbonyl (C=O) groups is 1. The van der Waals surface area contributed by atoms with Gasteiger partial charge >= 0.3 is 0 Å². The van der Waals surface area contributed by atoms with E-state index in [9.17, 15) is 4.79 Å². The summed E-state index contributed by atoms with van der Waals surface area (Å²) >= 11 is 0. The van der Waals surface area contributed by atoms with Gasteiger partial charge in [0.15, 0.2) is 0 Å². The zero-order valence-corrected chi connectivity index (χ0v) is 12.1. The van der Waals surface area contributed by atoms with Crippen LogP contribution in [0.2, 0.25) is 0 Å². The average molecular weight is 264 g/mol. The number of carbonyl (C=O) groups excluding carboxylic acids is 1. The fourth-order valence-corrected chi connectivity index (χ4v) is 2.33. The van der Waals surface area contributed by atoms with E-state index >= 15 is 0 Å². The number of hydrogen-bond acceptors (Lipinski definition) is 3. The highest BCUT2D eigenvalue weighted by atomic mass is 16.2. The molecular formula is C14H24N4O. The summed E-state index contributed by atoms with van der Waals surface area (Å²) in [6, 6.07) is 2.90. The summed E-state index contributed by atoms with van der Waals surface area (Å²) in [6.45, 7) is 5.91. The second kappa shape index (κ2) is 6.19. The number of nitrogens with zero attached hydrogens (tertiary/aromatic N) is 3. The van der Waals surface area contributed by atoms with Crippen molar-refractivity contribution in [1.82, 2.24) is 20.0 Å². The fraction of sp³-hybridized carbons (Fsp3) is 0.714. The van der Waals surface area contributed by atoms with E-state index in [-0.39, 0.29) is 5.91 Å². The van der Waals surface area contributed by atoms with Crippen molar-refractivity contribution in [3.05, 3.63) is 18.0 Å². The predicted octanol–water partition coefficient (Wildman–Crippen LogP) is 1.56. The van der Waals surface area contributed by atoms with Crippen LogP contribution in [0.5, 0.6) is 0 Å². The van der Waals surface area contributed by atoms with Crippen LogP contribution in [0, 0.1) is 0 Å². The van der Waals surface area contributed by atoms with Crippen molar-refractivity contribution < 1.29 is 4.79 Å². The van der Waals surface area contributed by atoms with Gasteiger partial charge in [-0.2, -0.15) is 5.10 Å². The Bertz CT molecular complexity index is 429. The summed E-state index contributed by atoms with van der Waals surface area (Å²) in [5.74, 6) is 0.249. The molecular weight excluding hydrogens is 240 g/mol. The van der Waals surface area contributed by atoms with Gasteiger partial charge in [0.25, 0.3) is 0 Å². The molecule has 1 saturated heterocycles. The van der Waals surface area contributed by atoms with Crippen molar-refractivity contribution in [1.29, 1.82) is 0 Å². The molecule has 2 atom stereocenters. The van der Waals surface area contributed by atoms with E-state index in [0.29, 0.717) is 18.5 Å². The molecule has 2 unspecified atom stereocenters. The summed E-state index contributed by atoms with van der Waals surface area (Å²) < 4.78 is 2.02. The Hall–Kier alpha value is -1.36. The number of likely N-dealkylation sites (N-methyl/N-ethyl adjacent to an activating group) is 1. The molecule has 0 aliphatic carbocycles. The quantitative estimate of drug-likeness (QED) is 0.878. The molecule has 1 aromatic rings. The van der Waals surface area contributed by atoms with Gasteiger partial charge in [-0.25, -0.2) is 0 Å². The van der Waals surface area contributed by atoms with Crippen molar-refractivity contribution in [2.75, 3.05) is 13.6 Å². The van der Waals surface area contributed by atoms with Gasteiger partial charge in [-0.1, -0.05) is 6.92 Å². The molecule has 1 aromatic heterocycles. The van der Waals surface area contributed by atoms with Gasteiger partial charge in [-0.05, 0) is 25.8 Å². The van der Waals surface area contributed by atoms with Crippen LogP contribution in [0.25, 0.3) is 0 Å². The van der Waals surface area contributed by atoms with Crippen LogP contribution in [0.15, 0.2) is 12.3 Å². The molecule has 0 spiro atoms. The summed E-state index contributed by atoms with van der Waals surface area (Å²) in [5.41, 5.74) is 1.07. The van der Waals surface area contributed by atoms with E-state index in [2.05, 4.69) is 30.3 Å². The van der Waals surface area contributed by atoms with Crippen LogP contribution in [-0.2, 0) is 11.3 Å². The van der Waals surface area contributed by atoms with Gasteiger partial charge in [0, 0.05) is 44.8 Å². The van der Waals surface area contributed by atoms with E-state index in [0.717, 1.165) is 31.6 Å². The Labute approximate surface area is 115 Å². The molecule has 5 nitrogen and oxygen atoms in total. The Morgan fingerprint density at radius 2 is 2.37 bits per heavy atom. The number of nitrogens with one attached hydrogen (secondary N) is 1. The Balaban J connectivity index is 1.82. The number of likely N-dealkylation sites (tertiary alicyclic amines) is 1. The number of amides is 1. The van der Waals surface area contributed by atoms with Crippen LogP contribution < -0.4 is 5.32 Å². The highest BCUT2D eigenvalue weighted by molar-refractivity contribution is 5.76. The normalized spacial score (nSPS) is 21.7. The lowest BCUT2D eigenvalue weighted by Crippen LogP contribution is -2.46. The molecule has 2 rings (SSSR count). The van der Waals surface area contributed by atoms with Crippen molar-refractivity contribution in [3.8, 4) is 0 Å². The minimum Gasteiger partial charge on any atom is -0.344 e. The third-order valence-electron chi connectivity index (χ3n) is 3.90. The second-order valence-electron chi connectivity index (χ2n) is 5.44. The van der Waals surface area contributed by atoms with E-state index in [1.807, 2.05) is 17.9 Å². The Morgan fingerprint density at radius 3 is 3.05 bits per heavy atom. The zero-order chi connectivity index (χ0) is 13.8. The molecule has 0 saturated carbocycles. The first-order valence-electron chi connectivity index (χ1n) is 7.11. The number of hydrogen-bond donors (Lipinski definition) is 1. The first-order chi connectivity index (χ1) is 9.10. The topological polar surface area (TPSA) is 50.2 Å². The fourth-order valence-electron chi connectivity index (χ4n) is 2.33. The monoisotopic (exact) mass is 264 g/mol. The van der Waals surface area contributed by atoms with Gasteiger partial charge < -0.3 is 10.2 Å². The first kappa shape index (κ1) is 14.1. The van der Waals surface area contributed by atoms with Crippen molar-refractivity contribution >= 4 is 5.91 Å². The van der Waals surface area contributed by atoms with Crippen LogP contribution in [-0.4, -0.2) is 40.2 Å². The zero-order valence-electron chi connectivity index (χ0n) is 12.1.